The Morgan fingerprint density at radius 1 is 1.06 bits per heavy atom. The van der Waals surface area contributed by atoms with Crippen LogP contribution in [0.1, 0.15) is 56.3 Å². The second kappa shape index (κ2) is 5.68. The van der Waals surface area contributed by atoms with Crippen LogP contribution in [-0.4, -0.2) is 6.54 Å². The molecule has 0 bridgehead atoms. The highest BCUT2D eigenvalue weighted by Crippen LogP contribution is 2.24. The van der Waals surface area contributed by atoms with E-state index in [0.29, 0.717) is 6.04 Å². The zero-order valence-corrected chi connectivity index (χ0v) is 11.4. The van der Waals surface area contributed by atoms with Gasteiger partial charge in [0.25, 0.3) is 0 Å². The van der Waals surface area contributed by atoms with Crippen LogP contribution in [0.25, 0.3) is 0 Å². The average molecular weight is 231 g/mol. The minimum atomic E-state index is 0.477. The lowest BCUT2D eigenvalue weighted by Gasteiger charge is -2.20. The molecule has 1 nitrogen and oxygen atoms in total. The lowest BCUT2D eigenvalue weighted by Crippen LogP contribution is -2.23. The third kappa shape index (κ3) is 3.32. The molecule has 17 heavy (non-hydrogen) atoms. The Kier molecular flexibility index (Phi) is 4.22. The first-order chi connectivity index (χ1) is 8.16. The smallest absolute Gasteiger partial charge is 0.0292 e. The minimum absolute atomic E-state index is 0.477. The molecule has 94 valence electrons. The van der Waals surface area contributed by atoms with Gasteiger partial charge in [-0.25, -0.2) is 0 Å². The number of hydrogen-bond acceptors (Lipinski definition) is 1. The summed E-state index contributed by atoms with van der Waals surface area (Å²) in [6.45, 7) is 7.88. The molecule has 1 unspecified atom stereocenters. The van der Waals surface area contributed by atoms with Crippen LogP contribution >= 0.6 is 0 Å². The van der Waals surface area contributed by atoms with Gasteiger partial charge in [-0.05, 0) is 61.8 Å². The molecule has 1 aromatic carbocycles. The monoisotopic (exact) mass is 231 g/mol. The summed E-state index contributed by atoms with van der Waals surface area (Å²) in [5.74, 6) is 0.718. The van der Waals surface area contributed by atoms with Gasteiger partial charge in [0, 0.05) is 6.04 Å². The molecule has 2 rings (SSSR count). The van der Waals surface area contributed by atoms with E-state index in [-0.39, 0.29) is 0 Å². The number of nitrogens with one attached hydrogen (secondary N) is 1. The maximum absolute atomic E-state index is 3.61. The number of fused-ring (bicyclic) bond motifs is 1. The molecule has 1 heteroatoms. The van der Waals surface area contributed by atoms with Crippen LogP contribution < -0.4 is 5.32 Å². The average Bonchev–Trinajstić information content (AvgIpc) is 2.35. The summed E-state index contributed by atoms with van der Waals surface area (Å²) >= 11 is 0. The largest absolute Gasteiger partial charge is 0.310 e. The normalized spacial score (nSPS) is 16.9. The zero-order chi connectivity index (χ0) is 12.3. The van der Waals surface area contributed by atoms with Crippen molar-refractivity contribution in [3.05, 3.63) is 34.9 Å². The molecule has 0 radical (unpaired) electrons. The standard InChI is InChI=1S/C16H25N/c1-12(2)11-17-13(3)15-9-8-14-6-4-5-7-16(14)10-15/h8-10,12-13,17H,4-7,11H2,1-3H3. The number of hydrogen-bond donors (Lipinski definition) is 1. The molecule has 0 amide bonds. The van der Waals surface area contributed by atoms with E-state index in [2.05, 4.69) is 44.3 Å². The maximum atomic E-state index is 3.61. The fraction of sp³-hybridized carbons (Fsp3) is 0.625. The van der Waals surface area contributed by atoms with Crippen molar-refractivity contribution in [2.24, 2.45) is 5.92 Å². The van der Waals surface area contributed by atoms with Crippen LogP contribution in [-0.2, 0) is 12.8 Å². The molecule has 1 aliphatic rings. The van der Waals surface area contributed by atoms with Crippen LogP contribution in [0, 0.1) is 5.92 Å². The Morgan fingerprint density at radius 3 is 2.47 bits per heavy atom. The van der Waals surface area contributed by atoms with Crippen molar-refractivity contribution in [3.63, 3.8) is 0 Å². The van der Waals surface area contributed by atoms with Crippen LogP contribution in [0.4, 0.5) is 0 Å². The van der Waals surface area contributed by atoms with E-state index < -0.39 is 0 Å². The summed E-state index contributed by atoms with van der Waals surface area (Å²) in [4.78, 5) is 0. The Labute approximate surface area is 106 Å². The summed E-state index contributed by atoms with van der Waals surface area (Å²) < 4.78 is 0. The van der Waals surface area contributed by atoms with Gasteiger partial charge in [-0.2, -0.15) is 0 Å². The summed E-state index contributed by atoms with van der Waals surface area (Å²) in [6.07, 6.45) is 5.29. The summed E-state index contributed by atoms with van der Waals surface area (Å²) in [6, 6.07) is 7.55. The van der Waals surface area contributed by atoms with E-state index in [1.165, 1.54) is 31.2 Å². The highest BCUT2D eigenvalue weighted by atomic mass is 14.9. The Hall–Kier alpha value is -0.820. The number of benzene rings is 1. The van der Waals surface area contributed by atoms with Crippen LogP contribution in [0.2, 0.25) is 0 Å². The van der Waals surface area contributed by atoms with Crippen LogP contribution in [0.3, 0.4) is 0 Å². The molecule has 0 spiro atoms. The first-order valence-corrected chi connectivity index (χ1v) is 7.02. The van der Waals surface area contributed by atoms with E-state index >= 15 is 0 Å². The highest BCUT2D eigenvalue weighted by molar-refractivity contribution is 5.35. The van der Waals surface area contributed by atoms with Gasteiger partial charge in [-0.3, -0.25) is 0 Å². The van der Waals surface area contributed by atoms with E-state index in [0.717, 1.165) is 12.5 Å². The molecule has 0 saturated carbocycles. The van der Waals surface area contributed by atoms with Gasteiger partial charge in [-0.15, -0.1) is 0 Å². The second-order valence-electron chi connectivity index (χ2n) is 5.76. The summed E-state index contributed by atoms with van der Waals surface area (Å²) in [7, 11) is 0. The Morgan fingerprint density at radius 2 is 1.76 bits per heavy atom. The Bertz CT molecular complexity index is 368. The van der Waals surface area contributed by atoms with Gasteiger partial charge < -0.3 is 5.32 Å². The van der Waals surface area contributed by atoms with Gasteiger partial charge in [0.1, 0.15) is 0 Å². The predicted molar refractivity (Wildman–Crippen MR) is 74.3 cm³/mol. The maximum Gasteiger partial charge on any atom is 0.0292 e. The molecular weight excluding hydrogens is 206 g/mol. The van der Waals surface area contributed by atoms with E-state index in [1.54, 1.807) is 11.1 Å². The Balaban J connectivity index is 2.05. The van der Waals surface area contributed by atoms with Crippen molar-refractivity contribution in [1.29, 1.82) is 0 Å². The molecule has 0 heterocycles. The SMILES string of the molecule is CC(C)CNC(C)c1ccc2c(c1)CCCC2. The van der Waals surface area contributed by atoms with Crippen molar-refractivity contribution in [1.82, 2.24) is 5.32 Å². The predicted octanol–water partition coefficient (Wildman–Crippen LogP) is 3.87. The summed E-state index contributed by atoms with van der Waals surface area (Å²) in [5, 5.41) is 3.61. The fourth-order valence-corrected chi connectivity index (χ4v) is 2.55. The molecule has 1 aliphatic carbocycles. The van der Waals surface area contributed by atoms with Gasteiger partial charge in [0.05, 0.1) is 0 Å². The molecule has 0 fully saturated rings. The molecule has 1 N–H and O–H groups in total. The van der Waals surface area contributed by atoms with E-state index in [4.69, 9.17) is 0 Å². The van der Waals surface area contributed by atoms with Crippen molar-refractivity contribution in [3.8, 4) is 0 Å². The first-order valence-electron chi connectivity index (χ1n) is 7.02. The molecule has 0 aromatic heterocycles. The van der Waals surface area contributed by atoms with Gasteiger partial charge >= 0.3 is 0 Å². The number of aryl methyl sites for hydroxylation is 2. The van der Waals surface area contributed by atoms with E-state index in [9.17, 15) is 0 Å². The fourth-order valence-electron chi connectivity index (χ4n) is 2.55. The summed E-state index contributed by atoms with van der Waals surface area (Å²) in [5.41, 5.74) is 4.62. The zero-order valence-electron chi connectivity index (χ0n) is 11.4. The quantitative estimate of drug-likeness (QED) is 0.829. The van der Waals surface area contributed by atoms with Gasteiger partial charge in [0.2, 0.25) is 0 Å². The van der Waals surface area contributed by atoms with Crippen molar-refractivity contribution >= 4 is 0 Å². The minimum Gasteiger partial charge on any atom is -0.310 e. The van der Waals surface area contributed by atoms with Gasteiger partial charge in [-0.1, -0.05) is 32.0 Å². The topological polar surface area (TPSA) is 12.0 Å². The van der Waals surface area contributed by atoms with Crippen molar-refractivity contribution in [2.45, 2.75) is 52.5 Å². The molecule has 0 saturated heterocycles. The first kappa shape index (κ1) is 12.6. The molecular formula is C16H25N. The lowest BCUT2D eigenvalue weighted by molar-refractivity contribution is 0.496. The van der Waals surface area contributed by atoms with E-state index in [1.807, 2.05) is 0 Å². The molecule has 0 aliphatic heterocycles. The van der Waals surface area contributed by atoms with Crippen LogP contribution in [0.15, 0.2) is 18.2 Å². The highest BCUT2D eigenvalue weighted by Gasteiger charge is 2.12. The van der Waals surface area contributed by atoms with Gasteiger partial charge in [0.15, 0.2) is 0 Å². The van der Waals surface area contributed by atoms with Crippen molar-refractivity contribution < 1.29 is 0 Å². The second-order valence-corrected chi connectivity index (χ2v) is 5.76. The van der Waals surface area contributed by atoms with Crippen molar-refractivity contribution in [2.75, 3.05) is 6.54 Å². The third-order valence-corrected chi connectivity index (χ3v) is 3.70. The third-order valence-electron chi connectivity index (χ3n) is 3.70. The molecule has 1 atom stereocenters. The lowest BCUT2D eigenvalue weighted by atomic mass is 9.89. The van der Waals surface area contributed by atoms with Crippen LogP contribution in [0.5, 0.6) is 0 Å². The number of rotatable bonds is 4. The molecule has 1 aromatic rings.